The number of carboxylic acid groups (broad SMARTS) is 1. The zero-order valence-corrected chi connectivity index (χ0v) is 26.0. The first-order valence-electron chi connectivity index (χ1n) is 16.9. The van der Waals surface area contributed by atoms with Gasteiger partial charge in [0, 0.05) is 44.2 Å². The average molecular weight is 583 g/mol. The predicted molar refractivity (Wildman–Crippen MR) is 172 cm³/mol. The Morgan fingerprint density at radius 3 is 2.28 bits per heavy atom. The number of benzene rings is 2. The van der Waals surface area contributed by atoms with Gasteiger partial charge in [-0.05, 0) is 87.1 Å². The van der Waals surface area contributed by atoms with E-state index in [0.29, 0.717) is 17.8 Å². The largest absolute Gasteiger partial charge is 0.480 e. The van der Waals surface area contributed by atoms with Gasteiger partial charge in [-0.15, -0.1) is 0 Å². The molecule has 1 aromatic heterocycles. The number of aromatic nitrogens is 2. The normalized spacial score (nSPS) is 23.5. The van der Waals surface area contributed by atoms with Crippen molar-refractivity contribution >= 4 is 5.97 Å². The van der Waals surface area contributed by atoms with E-state index in [1.807, 2.05) is 0 Å². The van der Waals surface area contributed by atoms with E-state index in [-0.39, 0.29) is 12.0 Å². The molecule has 1 N–H and O–H groups in total. The molecular formula is C37H50N4O2. The van der Waals surface area contributed by atoms with E-state index in [1.165, 1.54) is 41.6 Å². The third-order valence-corrected chi connectivity index (χ3v) is 10.6. The van der Waals surface area contributed by atoms with E-state index in [4.69, 9.17) is 5.10 Å². The summed E-state index contributed by atoms with van der Waals surface area (Å²) >= 11 is 0. The highest BCUT2D eigenvalue weighted by Gasteiger charge is 2.43. The van der Waals surface area contributed by atoms with E-state index in [9.17, 15) is 9.90 Å². The number of rotatable bonds is 11. The molecule has 3 aromatic rings. The molecule has 230 valence electrons. The van der Waals surface area contributed by atoms with Crippen LogP contribution in [0.1, 0.15) is 86.1 Å². The summed E-state index contributed by atoms with van der Waals surface area (Å²) in [6.07, 6.45) is 12.4. The van der Waals surface area contributed by atoms with Crippen LogP contribution in [-0.4, -0.2) is 69.4 Å². The monoisotopic (exact) mass is 582 g/mol. The molecule has 1 aliphatic carbocycles. The number of aliphatic carboxylic acids is 1. The zero-order chi connectivity index (χ0) is 29.6. The second-order valence-corrected chi connectivity index (χ2v) is 13.4. The molecule has 0 radical (unpaired) electrons. The molecule has 43 heavy (non-hydrogen) atoms. The molecule has 0 amide bonds. The summed E-state index contributed by atoms with van der Waals surface area (Å²) in [6, 6.07) is 21.3. The Morgan fingerprint density at radius 1 is 0.907 bits per heavy atom. The minimum absolute atomic E-state index is 0.288. The quantitative estimate of drug-likeness (QED) is 0.276. The number of likely N-dealkylation sites (tertiary alicyclic amines) is 2. The standard InChI is InChI=1S/C37H50N4O2/c1-2-41-26-32(19-18-28-12-6-3-7-13-28)35(38-41)30-20-22-39(23-21-30)24-33-25-40(27-34(33)29-14-8-4-9-15-29)36(37(42)43)31-16-10-5-11-17-31/h3-4,6-9,12-15,26,30-31,33-34,36H,2,5,10-11,16-25,27H2,1H3,(H,42,43)/t33-,34?,36+/m0/s1. The van der Waals surface area contributed by atoms with Gasteiger partial charge in [0.1, 0.15) is 6.04 Å². The summed E-state index contributed by atoms with van der Waals surface area (Å²) in [4.78, 5) is 17.6. The van der Waals surface area contributed by atoms with Crippen molar-refractivity contribution < 1.29 is 9.90 Å². The van der Waals surface area contributed by atoms with Crippen LogP contribution in [0.25, 0.3) is 0 Å². The number of hydrogen-bond donors (Lipinski definition) is 1. The van der Waals surface area contributed by atoms with E-state index in [0.717, 1.165) is 77.8 Å². The number of carbonyl (C=O) groups is 1. The lowest BCUT2D eigenvalue weighted by molar-refractivity contribution is -0.145. The van der Waals surface area contributed by atoms with Crippen LogP contribution >= 0.6 is 0 Å². The third kappa shape index (κ3) is 7.24. The molecule has 2 aliphatic heterocycles. The topological polar surface area (TPSA) is 61.6 Å². The molecule has 6 nitrogen and oxygen atoms in total. The second kappa shape index (κ2) is 14.2. The first-order valence-corrected chi connectivity index (χ1v) is 16.9. The van der Waals surface area contributed by atoms with Crippen molar-refractivity contribution in [2.75, 3.05) is 32.7 Å². The van der Waals surface area contributed by atoms with Crippen LogP contribution in [0.15, 0.2) is 66.9 Å². The fourth-order valence-corrected chi connectivity index (χ4v) is 8.32. The SMILES string of the molecule is CCn1cc(CCc2ccccc2)c(C2CCN(C[C@H]3CN([C@@H](C(=O)O)C4CCCCC4)CC3c3ccccc3)CC2)n1. The molecule has 2 saturated heterocycles. The summed E-state index contributed by atoms with van der Waals surface area (Å²) in [5, 5.41) is 15.4. The molecule has 6 heteroatoms. The first kappa shape index (κ1) is 30.1. The molecule has 2 aromatic carbocycles. The van der Waals surface area contributed by atoms with E-state index < -0.39 is 5.97 Å². The summed E-state index contributed by atoms with van der Waals surface area (Å²) in [7, 11) is 0. The fourth-order valence-electron chi connectivity index (χ4n) is 8.32. The van der Waals surface area contributed by atoms with Gasteiger partial charge in [0.25, 0.3) is 0 Å². The van der Waals surface area contributed by atoms with Crippen molar-refractivity contribution in [3.05, 3.63) is 89.2 Å². The van der Waals surface area contributed by atoms with E-state index in [2.05, 4.69) is 88.3 Å². The second-order valence-electron chi connectivity index (χ2n) is 13.4. The number of aryl methyl sites for hydroxylation is 3. The first-order chi connectivity index (χ1) is 21.1. The molecule has 0 spiro atoms. The van der Waals surface area contributed by atoms with Gasteiger partial charge in [-0.2, -0.15) is 5.10 Å². The Bertz CT molecular complexity index is 1290. The van der Waals surface area contributed by atoms with Crippen molar-refractivity contribution in [3.8, 4) is 0 Å². The Hall–Kier alpha value is -2.96. The van der Waals surface area contributed by atoms with Gasteiger partial charge < -0.3 is 10.0 Å². The molecule has 3 atom stereocenters. The number of nitrogens with zero attached hydrogens (tertiary/aromatic N) is 4. The average Bonchev–Trinajstić information content (AvgIpc) is 3.66. The maximum absolute atomic E-state index is 12.6. The molecule has 0 bridgehead atoms. The third-order valence-electron chi connectivity index (χ3n) is 10.6. The maximum Gasteiger partial charge on any atom is 0.321 e. The summed E-state index contributed by atoms with van der Waals surface area (Å²) < 4.78 is 2.13. The molecule has 1 unspecified atom stereocenters. The highest BCUT2D eigenvalue weighted by molar-refractivity contribution is 5.74. The van der Waals surface area contributed by atoms with Crippen molar-refractivity contribution in [1.29, 1.82) is 0 Å². The zero-order valence-electron chi connectivity index (χ0n) is 26.0. The molecule has 6 rings (SSSR count). The lowest BCUT2D eigenvalue weighted by Gasteiger charge is -2.35. The summed E-state index contributed by atoms with van der Waals surface area (Å²) in [5.41, 5.74) is 5.50. The van der Waals surface area contributed by atoms with Crippen LogP contribution < -0.4 is 0 Å². The Balaban J connectivity index is 1.11. The van der Waals surface area contributed by atoms with Gasteiger partial charge in [-0.25, -0.2) is 0 Å². The van der Waals surface area contributed by atoms with Crippen LogP contribution in [0.4, 0.5) is 0 Å². The molecular weight excluding hydrogens is 532 g/mol. The highest BCUT2D eigenvalue weighted by Crippen LogP contribution is 2.39. The van der Waals surface area contributed by atoms with Gasteiger partial charge in [0.15, 0.2) is 0 Å². The minimum Gasteiger partial charge on any atom is -0.480 e. The minimum atomic E-state index is -0.616. The fraction of sp³-hybridized carbons (Fsp3) is 0.568. The predicted octanol–water partition coefficient (Wildman–Crippen LogP) is 6.62. The van der Waals surface area contributed by atoms with Crippen LogP contribution in [0.2, 0.25) is 0 Å². The Morgan fingerprint density at radius 2 is 1.60 bits per heavy atom. The van der Waals surface area contributed by atoms with Crippen molar-refractivity contribution in [2.24, 2.45) is 11.8 Å². The van der Waals surface area contributed by atoms with Gasteiger partial charge in [-0.1, -0.05) is 79.9 Å². The smallest absolute Gasteiger partial charge is 0.321 e. The molecule has 3 aliphatic rings. The molecule has 1 saturated carbocycles. The number of piperidine rings is 1. The van der Waals surface area contributed by atoms with Crippen molar-refractivity contribution in [2.45, 2.75) is 89.1 Å². The van der Waals surface area contributed by atoms with Gasteiger partial charge in [-0.3, -0.25) is 14.4 Å². The van der Waals surface area contributed by atoms with Crippen LogP contribution in [0.3, 0.4) is 0 Å². The van der Waals surface area contributed by atoms with Gasteiger partial charge >= 0.3 is 5.97 Å². The van der Waals surface area contributed by atoms with Crippen LogP contribution in [0.5, 0.6) is 0 Å². The highest BCUT2D eigenvalue weighted by atomic mass is 16.4. The number of carboxylic acids is 1. The van der Waals surface area contributed by atoms with Gasteiger partial charge in [0.2, 0.25) is 0 Å². The summed E-state index contributed by atoms with van der Waals surface area (Å²) in [6.45, 7) is 8.06. The van der Waals surface area contributed by atoms with E-state index >= 15 is 0 Å². The molecule has 3 fully saturated rings. The van der Waals surface area contributed by atoms with Gasteiger partial charge in [0.05, 0.1) is 5.69 Å². The maximum atomic E-state index is 12.6. The molecule has 3 heterocycles. The lowest BCUT2D eigenvalue weighted by Crippen LogP contribution is -2.46. The lowest BCUT2D eigenvalue weighted by atomic mass is 9.83. The van der Waals surface area contributed by atoms with E-state index in [1.54, 1.807) is 0 Å². The van der Waals surface area contributed by atoms with Crippen molar-refractivity contribution in [3.63, 3.8) is 0 Å². The van der Waals surface area contributed by atoms with Crippen LogP contribution in [-0.2, 0) is 24.2 Å². The van der Waals surface area contributed by atoms with Crippen molar-refractivity contribution in [1.82, 2.24) is 19.6 Å². The number of hydrogen-bond acceptors (Lipinski definition) is 4. The Kier molecular flexibility index (Phi) is 9.95. The Labute approximate surface area is 258 Å². The summed E-state index contributed by atoms with van der Waals surface area (Å²) in [5.74, 6) is 1.02. The van der Waals surface area contributed by atoms with Crippen LogP contribution in [0, 0.1) is 11.8 Å².